The lowest BCUT2D eigenvalue weighted by Gasteiger charge is -2.23. The molecule has 2 aliphatic heterocycles. The number of hydrogen-bond donors (Lipinski definition) is 3. The minimum absolute atomic E-state index is 0.0830. The van der Waals surface area contributed by atoms with Gasteiger partial charge in [-0.1, -0.05) is 29.8 Å². The van der Waals surface area contributed by atoms with Crippen molar-refractivity contribution < 1.29 is 19.4 Å². The van der Waals surface area contributed by atoms with E-state index in [9.17, 15) is 14.7 Å². The lowest BCUT2D eigenvalue weighted by atomic mass is 10.0. The Morgan fingerprint density at radius 1 is 1.24 bits per heavy atom. The van der Waals surface area contributed by atoms with Crippen LogP contribution in [0.15, 0.2) is 42.6 Å². The van der Waals surface area contributed by atoms with Crippen molar-refractivity contribution in [1.29, 1.82) is 0 Å². The zero-order chi connectivity index (χ0) is 26.6. The van der Waals surface area contributed by atoms with Crippen molar-refractivity contribution in [3.05, 3.63) is 70.1 Å². The Kier molecular flexibility index (Phi) is 7.82. The highest BCUT2D eigenvalue weighted by molar-refractivity contribution is 6.33. The molecule has 1 saturated heterocycles. The molecule has 38 heavy (non-hydrogen) atoms. The van der Waals surface area contributed by atoms with Gasteiger partial charge in [-0.25, -0.2) is 9.97 Å². The molecule has 2 amide bonds. The van der Waals surface area contributed by atoms with E-state index in [2.05, 4.69) is 25.6 Å². The molecule has 0 spiro atoms. The van der Waals surface area contributed by atoms with E-state index in [1.54, 1.807) is 30.5 Å². The number of aromatic nitrogens is 3. The predicted molar refractivity (Wildman–Crippen MR) is 141 cm³/mol. The fourth-order valence-corrected chi connectivity index (χ4v) is 4.86. The topological polar surface area (TPSA) is 130 Å². The number of aliphatic hydroxyl groups is 1. The molecule has 5 rings (SSSR count). The molecule has 4 heterocycles. The summed E-state index contributed by atoms with van der Waals surface area (Å²) in [6.07, 6.45) is 3.31. The Bertz CT molecular complexity index is 1350. The van der Waals surface area contributed by atoms with Gasteiger partial charge in [0.05, 0.1) is 40.9 Å². The fraction of sp³-hybridized carbons (Fsp3) is 0.370. The molecule has 1 fully saturated rings. The molecule has 10 nitrogen and oxygen atoms in total. The first-order valence-electron chi connectivity index (χ1n) is 12.6. The lowest BCUT2D eigenvalue weighted by Crippen LogP contribution is -2.38. The van der Waals surface area contributed by atoms with Crippen molar-refractivity contribution in [3.63, 3.8) is 0 Å². The number of benzene rings is 1. The second-order valence-electron chi connectivity index (χ2n) is 9.46. The van der Waals surface area contributed by atoms with Crippen molar-refractivity contribution in [1.82, 2.24) is 25.2 Å². The monoisotopic (exact) mass is 536 g/mol. The zero-order valence-electron chi connectivity index (χ0n) is 21.0. The molecule has 1 atom stereocenters. The lowest BCUT2D eigenvalue weighted by molar-refractivity contribution is -0.122. The number of hydrogen-bond acceptors (Lipinski definition) is 8. The van der Waals surface area contributed by atoms with E-state index in [4.69, 9.17) is 16.3 Å². The summed E-state index contributed by atoms with van der Waals surface area (Å²) in [7, 11) is 0. The summed E-state index contributed by atoms with van der Waals surface area (Å²) in [4.78, 5) is 40.7. The highest BCUT2D eigenvalue weighted by Crippen LogP contribution is 2.31. The number of amides is 2. The van der Waals surface area contributed by atoms with Crippen LogP contribution in [0.25, 0.3) is 11.3 Å². The zero-order valence-corrected chi connectivity index (χ0v) is 21.7. The van der Waals surface area contributed by atoms with E-state index < -0.39 is 0 Å². The summed E-state index contributed by atoms with van der Waals surface area (Å²) in [6, 6.07) is 10.7. The largest absolute Gasteiger partial charge is 0.390 e. The maximum atomic E-state index is 13.2. The summed E-state index contributed by atoms with van der Waals surface area (Å²) >= 11 is 6.44. The van der Waals surface area contributed by atoms with Crippen molar-refractivity contribution in [2.24, 2.45) is 0 Å². The number of aliphatic hydroxyl groups excluding tert-OH is 1. The summed E-state index contributed by atoms with van der Waals surface area (Å²) in [5.41, 5.74) is 3.76. The highest BCUT2D eigenvalue weighted by atomic mass is 35.5. The molecule has 0 saturated carbocycles. The van der Waals surface area contributed by atoms with E-state index in [1.807, 2.05) is 19.1 Å². The number of carbonyl (C=O) groups is 2. The number of carbonyl (C=O) groups excluding carboxylic acids is 2. The highest BCUT2D eigenvalue weighted by Gasteiger charge is 2.30. The van der Waals surface area contributed by atoms with E-state index in [1.165, 1.54) is 4.90 Å². The summed E-state index contributed by atoms with van der Waals surface area (Å²) in [6.45, 7) is 3.29. The molecule has 2 aliphatic rings. The van der Waals surface area contributed by atoms with Crippen LogP contribution in [-0.2, 0) is 22.7 Å². The number of rotatable bonds is 8. The van der Waals surface area contributed by atoms with Gasteiger partial charge in [0, 0.05) is 36.9 Å². The molecular formula is C27H29ClN6O4. The van der Waals surface area contributed by atoms with Crippen LogP contribution in [0.3, 0.4) is 0 Å². The number of nitrogens with one attached hydrogen (secondary N) is 2. The van der Waals surface area contributed by atoms with Gasteiger partial charge in [0.15, 0.2) is 0 Å². The third kappa shape index (κ3) is 5.77. The van der Waals surface area contributed by atoms with E-state index in [0.29, 0.717) is 58.9 Å². The minimum atomic E-state index is -0.371. The Morgan fingerprint density at radius 2 is 2.05 bits per heavy atom. The average Bonchev–Trinajstić information content (AvgIpc) is 3.24. The van der Waals surface area contributed by atoms with Gasteiger partial charge < -0.3 is 25.4 Å². The number of pyridine rings is 1. The van der Waals surface area contributed by atoms with Gasteiger partial charge in [-0.2, -0.15) is 0 Å². The van der Waals surface area contributed by atoms with Gasteiger partial charge in [0.2, 0.25) is 11.9 Å². The van der Waals surface area contributed by atoms with Crippen LogP contribution < -0.4 is 10.6 Å². The Hall–Kier alpha value is -3.60. The first kappa shape index (κ1) is 26.0. The van der Waals surface area contributed by atoms with Gasteiger partial charge in [-0.15, -0.1) is 0 Å². The molecule has 2 aromatic heterocycles. The molecular weight excluding hydrogens is 508 g/mol. The Balaban J connectivity index is 1.26. The molecule has 0 radical (unpaired) electrons. The second kappa shape index (κ2) is 11.4. The van der Waals surface area contributed by atoms with Crippen molar-refractivity contribution >= 4 is 29.4 Å². The molecule has 198 valence electrons. The van der Waals surface area contributed by atoms with Gasteiger partial charge in [0.1, 0.15) is 6.54 Å². The van der Waals surface area contributed by atoms with E-state index in [0.717, 1.165) is 18.4 Å². The molecule has 1 unspecified atom stereocenters. The van der Waals surface area contributed by atoms with E-state index >= 15 is 0 Å². The Labute approximate surface area is 225 Å². The van der Waals surface area contributed by atoms with Crippen LogP contribution in [0, 0.1) is 0 Å². The van der Waals surface area contributed by atoms with Gasteiger partial charge in [-0.05, 0) is 43.5 Å². The van der Waals surface area contributed by atoms with E-state index in [-0.39, 0.29) is 37.0 Å². The summed E-state index contributed by atoms with van der Waals surface area (Å²) in [5, 5.41) is 15.9. The van der Waals surface area contributed by atoms with Gasteiger partial charge in [-0.3, -0.25) is 14.6 Å². The number of anilines is 1. The second-order valence-corrected chi connectivity index (χ2v) is 9.86. The SMILES string of the molecule is CC(NC(=O)CN1Cc2ccc(-c3nc(NC4CCOCC4)ncc3Cl)cc2C1=O)c1cccc(CO)n1. The van der Waals surface area contributed by atoms with Crippen LogP contribution in [0.5, 0.6) is 0 Å². The average molecular weight is 537 g/mol. The molecule has 1 aromatic carbocycles. The smallest absolute Gasteiger partial charge is 0.254 e. The fourth-order valence-electron chi connectivity index (χ4n) is 4.66. The summed E-state index contributed by atoms with van der Waals surface area (Å²) in [5.74, 6) is -0.0388. The maximum absolute atomic E-state index is 13.2. The normalized spacial score (nSPS) is 16.3. The number of nitrogens with zero attached hydrogens (tertiary/aromatic N) is 4. The van der Waals surface area contributed by atoms with Crippen LogP contribution >= 0.6 is 11.6 Å². The summed E-state index contributed by atoms with van der Waals surface area (Å²) < 4.78 is 5.41. The predicted octanol–water partition coefficient (Wildman–Crippen LogP) is 3.11. The Morgan fingerprint density at radius 3 is 2.84 bits per heavy atom. The number of halogens is 1. The van der Waals surface area contributed by atoms with Crippen molar-refractivity contribution in [2.75, 3.05) is 25.1 Å². The maximum Gasteiger partial charge on any atom is 0.254 e. The molecule has 3 aromatic rings. The molecule has 0 aliphatic carbocycles. The van der Waals surface area contributed by atoms with Crippen LogP contribution in [-0.4, -0.2) is 62.6 Å². The van der Waals surface area contributed by atoms with Crippen molar-refractivity contribution in [3.8, 4) is 11.3 Å². The molecule has 3 N–H and O–H groups in total. The first-order valence-corrected chi connectivity index (χ1v) is 12.9. The molecule has 0 bridgehead atoms. The number of fused-ring (bicyclic) bond motifs is 1. The van der Waals surface area contributed by atoms with Crippen LogP contribution in [0.2, 0.25) is 5.02 Å². The van der Waals surface area contributed by atoms with Gasteiger partial charge >= 0.3 is 0 Å². The third-order valence-electron chi connectivity index (χ3n) is 6.71. The molecule has 11 heteroatoms. The number of ether oxygens (including phenoxy) is 1. The van der Waals surface area contributed by atoms with Crippen LogP contribution in [0.1, 0.15) is 53.1 Å². The third-order valence-corrected chi connectivity index (χ3v) is 6.98. The standard InChI is InChI=1S/C27H29ClN6O4/c1-16(23-4-2-3-20(15-35)31-23)30-24(36)14-34-13-18-6-5-17(11-21(18)26(34)37)25-22(28)12-29-27(33-25)32-19-7-9-38-10-8-19/h2-6,11-12,16,19,35H,7-10,13-15H2,1H3,(H,30,36)(H,29,32,33). The quantitative estimate of drug-likeness (QED) is 0.400. The first-order chi connectivity index (χ1) is 18.4. The van der Waals surface area contributed by atoms with Crippen molar-refractivity contribution in [2.45, 2.75) is 45.0 Å². The minimum Gasteiger partial charge on any atom is -0.390 e. The van der Waals surface area contributed by atoms with Gasteiger partial charge in [0.25, 0.3) is 5.91 Å². The van der Waals surface area contributed by atoms with Crippen LogP contribution in [0.4, 0.5) is 5.95 Å².